The van der Waals surface area contributed by atoms with Crippen LogP contribution in [0.4, 0.5) is 4.39 Å². The van der Waals surface area contributed by atoms with Gasteiger partial charge in [-0.2, -0.15) is 0 Å². The molecule has 1 aromatic carbocycles. The Bertz CT molecular complexity index is 307. The lowest BCUT2D eigenvalue weighted by Gasteiger charge is -2.05. The standard InChI is InChI=1S/C11H15BrFNO/c1-14-5-2-6-15-8-9-7-10(12)3-4-11(9)13/h3-4,7,14H,2,5-6,8H2,1H3. The molecule has 0 aromatic heterocycles. The Balaban J connectivity index is 2.33. The molecule has 0 bridgehead atoms. The van der Waals surface area contributed by atoms with E-state index in [1.165, 1.54) is 6.07 Å². The third-order valence-electron chi connectivity index (χ3n) is 1.98. The van der Waals surface area contributed by atoms with Gasteiger partial charge in [-0.25, -0.2) is 4.39 Å². The van der Waals surface area contributed by atoms with Crippen LogP contribution < -0.4 is 5.32 Å². The predicted molar refractivity (Wildman–Crippen MR) is 62.3 cm³/mol. The van der Waals surface area contributed by atoms with Crippen LogP contribution in [0.3, 0.4) is 0 Å². The molecule has 1 N–H and O–H groups in total. The van der Waals surface area contributed by atoms with E-state index < -0.39 is 0 Å². The number of ether oxygens (including phenoxy) is 1. The lowest BCUT2D eigenvalue weighted by atomic mass is 10.2. The number of benzene rings is 1. The molecule has 0 aliphatic rings. The summed E-state index contributed by atoms with van der Waals surface area (Å²) in [7, 11) is 1.90. The Morgan fingerprint density at radius 3 is 3.00 bits per heavy atom. The molecular weight excluding hydrogens is 261 g/mol. The summed E-state index contributed by atoms with van der Waals surface area (Å²) in [5.41, 5.74) is 0.592. The molecular formula is C11H15BrFNO. The monoisotopic (exact) mass is 275 g/mol. The number of halogens is 2. The lowest BCUT2D eigenvalue weighted by molar-refractivity contribution is 0.116. The van der Waals surface area contributed by atoms with Crippen molar-refractivity contribution in [3.63, 3.8) is 0 Å². The van der Waals surface area contributed by atoms with Gasteiger partial charge in [0, 0.05) is 16.6 Å². The van der Waals surface area contributed by atoms with E-state index in [1.54, 1.807) is 12.1 Å². The average molecular weight is 276 g/mol. The molecule has 1 aromatic rings. The minimum atomic E-state index is -0.216. The fraction of sp³-hybridized carbons (Fsp3) is 0.455. The molecule has 0 aliphatic heterocycles. The maximum atomic E-state index is 13.2. The van der Waals surface area contributed by atoms with Crippen molar-refractivity contribution in [2.45, 2.75) is 13.0 Å². The quantitative estimate of drug-likeness (QED) is 0.807. The highest BCUT2D eigenvalue weighted by atomic mass is 79.9. The summed E-state index contributed by atoms with van der Waals surface area (Å²) >= 11 is 3.30. The summed E-state index contributed by atoms with van der Waals surface area (Å²) in [5.74, 6) is -0.216. The molecule has 2 nitrogen and oxygen atoms in total. The molecule has 4 heteroatoms. The second kappa shape index (κ2) is 6.93. The minimum Gasteiger partial charge on any atom is -0.377 e. The number of nitrogens with one attached hydrogen (secondary N) is 1. The minimum absolute atomic E-state index is 0.216. The van der Waals surface area contributed by atoms with Crippen LogP contribution in [0.5, 0.6) is 0 Å². The van der Waals surface area contributed by atoms with Crippen molar-refractivity contribution in [2.24, 2.45) is 0 Å². The highest BCUT2D eigenvalue weighted by Crippen LogP contribution is 2.16. The molecule has 0 heterocycles. The maximum Gasteiger partial charge on any atom is 0.128 e. The van der Waals surface area contributed by atoms with Gasteiger partial charge in [-0.05, 0) is 38.2 Å². The number of hydrogen-bond acceptors (Lipinski definition) is 2. The Kier molecular flexibility index (Phi) is 5.83. The molecule has 0 spiro atoms. The van der Waals surface area contributed by atoms with E-state index in [-0.39, 0.29) is 5.82 Å². The fourth-order valence-electron chi connectivity index (χ4n) is 1.19. The van der Waals surface area contributed by atoms with Crippen LogP contribution in [0, 0.1) is 5.82 Å². The Morgan fingerprint density at radius 1 is 1.47 bits per heavy atom. The van der Waals surface area contributed by atoms with Crippen molar-refractivity contribution >= 4 is 15.9 Å². The molecule has 1 rings (SSSR count). The van der Waals surface area contributed by atoms with E-state index in [9.17, 15) is 4.39 Å². The van der Waals surface area contributed by atoms with E-state index in [1.807, 2.05) is 7.05 Å². The van der Waals surface area contributed by atoms with Crippen LogP contribution >= 0.6 is 15.9 Å². The van der Waals surface area contributed by atoms with Gasteiger partial charge >= 0.3 is 0 Å². The zero-order chi connectivity index (χ0) is 11.1. The first-order valence-electron chi connectivity index (χ1n) is 4.90. The summed E-state index contributed by atoms with van der Waals surface area (Å²) in [5, 5.41) is 3.03. The van der Waals surface area contributed by atoms with Crippen LogP contribution in [0.1, 0.15) is 12.0 Å². The third-order valence-corrected chi connectivity index (χ3v) is 2.47. The largest absolute Gasteiger partial charge is 0.377 e. The van der Waals surface area contributed by atoms with Gasteiger partial charge in [0.05, 0.1) is 6.61 Å². The van der Waals surface area contributed by atoms with Gasteiger partial charge in [0.1, 0.15) is 5.82 Å². The summed E-state index contributed by atoms with van der Waals surface area (Å²) in [6.07, 6.45) is 0.937. The van der Waals surface area contributed by atoms with Gasteiger partial charge in [-0.3, -0.25) is 0 Å². The highest BCUT2D eigenvalue weighted by Gasteiger charge is 2.02. The normalized spacial score (nSPS) is 10.6. The Morgan fingerprint density at radius 2 is 2.27 bits per heavy atom. The molecule has 0 atom stereocenters. The maximum absolute atomic E-state index is 13.2. The zero-order valence-corrected chi connectivity index (χ0v) is 10.3. The van der Waals surface area contributed by atoms with Crippen molar-refractivity contribution in [1.29, 1.82) is 0 Å². The van der Waals surface area contributed by atoms with E-state index >= 15 is 0 Å². The van der Waals surface area contributed by atoms with E-state index in [2.05, 4.69) is 21.2 Å². The van der Waals surface area contributed by atoms with Gasteiger partial charge in [0.2, 0.25) is 0 Å². The molecule has 15 heavy (non-hydrogen) atoms. The molecule has 0 saturated carbocycles. The van der Waals surface area contributed by atoms with E-state index in [0.717, 1.165) is 17.4 Å². The van der Waals surface area contributed by atoms with E-state index in [4.69, 9.17) is 4.74 Å². The van der Waals surface area contributed by atoms with Crippen LogP contribution in [0.25, 0.3) is 0 Å². The summed E-state index contributed by atoms with van der Waals surface area (Å²) in [6, 6.07) is 4.86. The first-order chi connectivity index (χ1) is 7.24. The van der Waals surface area contributed by atoms with Crippen molar-refractivity contribution in [1.82, 2.24) is 5.32 Å². The molecule has 0 saturated heterocycles. The summed E-state index contributed by atoms with van der Waals surface area (Å²) in [4.78, 5) is 0. The van der Waals surface area contributed by atoms with Gasteiger partial charge < -0.3 is 10.1 Å². The lowest BCUT2D eigenvalue weighted by Crippen LogP contribution is -2.10. The predicted octanol–water partition coefficient (Wildman–Crippen LogP) is 2.71. The van der Waals surface area contributed by atoms with Crippen LogP contribution in [0.15, 0.2) is 22.7 Å². The number of hydrogen-bond donors (Lipinski definition) is 1. The zero-order valence-electron chi connectivity index (χ0n) is 8.72. The van der Waals surface area contributed by atoms with E-state index in [0.29, 0.717) is 18.8 Å². The molecule has 0 aliphatic carbocycles. The summed E-state index contributed by atoms with van der Waals surface area (Å²) < 4.78 is 19.5. The number of rotatable bonds is 6. The second-order valence-electron chi connectivity index (χ2n) is 3.25. The van der Waals surface area contributed by atoms with Crippen molar-refractivity contribution in [2.75, 3.05) is 20.2 Å². The van der Waals surface area contributed by atoms with Crippen LogP contribution in [0.2, 0.25) is 0 Å². The first-order valence-corrected chi connectivity index (χ1v) is 5.69. The van der Waals surface area contributed by atoms with Crippen LogP contribution in [-0.2, 0) is 11.3 Å². The van der Waals surface area contributed by atoms with Gasteiger partial charge in [-0.15, -0.1) is 0 Å². The second-order valence-corrected chi connectivity index (χ2v) is 4.16. The Labute approximate surface area is 98.0 Å². The topological polar surface area (TPSA) is 21.3 Å². The smallest absolute Gasteiger partial charge is 0.128 e. The molecule has 0 radical (unpaired) electrons. The third kappa shape index (κ3) is 4.73. The molecule has 0 amide bonds. The fourth-order valence-corrected chi connectivity index (χ4v) is 1.60. The van der Waals surface area contributed by atoms with Gasteiger partial charge in [-0.1, -0.05) is 15.9 Å². The summed E-state index contributed by atoms with van der Waals surface area (Å²) in [6.45, 7) is 1.89. The molecule has 84 valence electrons. The SMILES string of the molecule is CNCCCOCc1cc(Br)ccc1F. The van der Waals surface area contributed by atoms with Gasteiger partial charge in [0.15, 0.2) is 0 Å². The molecule has 0 unspecified atom stereocenters. The van der Waals surface area contributed by atoms with Crippen molar-refractivity contribution in [3.05, 3.63) is 34.1 Å². The van der Waals surface area contributed by atoms with Crippen molar-refractivity contribution < 1.29 is 9.13 Å². The first kappa shape index (κ1) is 12.6. The van der Waals surface area contributed by atoms with Crippen molar-refractivity contribution in [3.8, 4) is 0 Å². The van der Waals surface area contributed by atoms with Crippen LogP contribution in [-0.4, -0.2) is 20.2 Å². The molecule has 0 fully saturated rings. The highest BCUT2D eigenvalue weighted by molar-refractivity contribution is 9.10. The van der Waals surface area contributed by atoms with Gasteiger partial charge in [0.25, 0.3) is 0 Å². The Hall–Kier alpha value is -0.450. The average Bonchev–Trinajstić information content (AvgIpc) is 2.23.